The van der Waals surface area contributed by atoms with Gasteiger partial charge in [-0.15, -0.1) is 0 Å². The van der Waals surface area contributed by atoms with Crippen LogP contribution < -0.4 is 0 Å². The van der Waals surface area contributed by atoms with Gasteiger partial charge < -0.3 is 0 Å². The molecule has 12 heavy (non-hydrogen) atoms. The summed E-state index contributed by atoms with van der Waals surface area (Å²) >= 11 is 0. The molecule has 0 rings (SSSR count). The maximum Gasteiger partial charge on any atom is 0.214 e. The fourth-order valence-electron chi connectivity index (χ4n) is 1.26. The van der Waals surface area contributed by atoms with E-state index >= 15 is 0 Å². The van der Waals surface area contributed by atoms with E-state index in [-0.39, 0.29) is 11.8 Å². The first-order valence-electron chi connectivity index (χ1n) is 4.45. The van der Waals surface area contributed by atoms with Gasteiger partial charge in [0.05, 0.1) is 5.75 Å². The summed E-state index contributed by atoms with van der Waals surface area (Å²) in [5.74, 6) is 0.263. The van der Waals surface area contributed by atoms with Crippen molar-refractivity contribution in [2.24, 2.45) is 0 Å². The third-order valence-corrected chi connectivity index (χ3v) is 4.03. The fraction of sp³-hybridized carbons (Fsp3) is 1.00. The van der Waals surface area contributed by atoms with Crippen molar-refractivity contribution >= 4 is 10.0 Å². The zero-order chi connectivity index (χ0) is 9.78. The van der Waals surface area contributed by atoms with Crippen LogP contribution in [-0.4, -0.2) is 31.1 Å². The van der Waals surface area contributed by atoms with E-state index in [1.165, 1.54) is 4.31 Å². The molecule has 0 aliphatic carbocycles. The molecule has 3 nitrogen and oxygen atoms in total. The highest BCUT2D eigenvalue weighted by atomic mass is 32.2. The summed E-state index contributed by atoms with van der Waals surface area (Å²) in [5, 5.41) is 0. The lowest BCUT2D eigenvalue weighted by Crippen LogP contribution is -2.38. The first-order chi connectivity index (χ1) is 5.45. The lowest BCUT2D eigenvalue weighted by atomic mass is 10.4. The van der Waals surface area contributed by atoms with Crippen LogP contribution in [0.15, 0.2) is 0 Å². The van der Waals surface area contributed by atoms with E-state index in [1.807, 2.05) is 27.7 Å². The van der Waals surface area contributed by atoms with E-state index in [1.54, 1.807) is 0 Å². The second-order valence-corrected chi connectivity index (χ2v) is 5.15. The van der Waals surface area contributed by atoms with Gasteiger partial charge in [-0.2, -0.15) is 4.31 Å². The largest absolute Gasteiger partial charge is 0.214 e. The Morgan fingerprint density at radius 1 is 1.25 bits per heavy atom. The van der Waals surface area contributed by atoms with Gasteiger partial charge in [-0.3, -0.25) is 0 Å². The number of hydrogen-bond acceptors (Lipinski definition) is 2. The van der Waals surface area contributed by atoms with E-state index in [4.69, 9.17) is 0 Å². The van der Waals surface area contributed by atoms with E-state index in [2.05, 4.69) is 0 Å². The zero-order valence-corrected chi connectivity index (χ0v) is 9.19. The first kappa shape index (κ1) is 11.9. The lowest BCUT2D eigenvalue weighted by Gasteiger charge is -2.23. The van der Waals surface area contributed by atoms with Crippen LogP contribution in [-0.2, 0) is 10.0 Å². The van der Waals surface area contributed by atoms with Crippen LogP contribution in [0.5, 0.6) is 0 Å². The molecule has 0 heterocycles. The number of rotatable bonds is 5. The smallest absolute Gasteiger partial charge is 0.212 e. The Hall–Kier alpha value is -0.0900. The molecule has 0 unspecified atom stereocenters. The first-order valence-corrected chi connectivity index (χ1v) is 6.06. The van der Waals surface area contributed by atoms with Gasteiger partial charge in [0.15, 0.2) is 0 Å². The second kappa shape index (κ2) is 4.82. The van der Waals surface area contributed by atoms with Crippen molar-refractivity contribution in [3.8, 4) is 0 Å². The molecule has 0 atom stereocenters. The number of sulfonamides is 1. The van der Waals surface area contributed by atoms with Crippen molar-refractivity contribution in [2.45, 2.75) is 40.2 Å². The molecule has 0 spiro atoms. The molecule has 0 aromatic rings. The van der Waals surface area contributed by atoms with E-state index in [0.29, 0.717) is 13.0 Å². The molecule has 0 saturated carbocycles. The molecule has 0 aromatic carbocycles. The van der Waals surface area contributed by atoms with Crippen molar-refractivity contribution in [1.29, 1.82) is 0 Å². The van der Waals surface area contributed by atoms with E-state index < -0.39 is 10.0 Å². The van der Waals surface area contributed by atoms with Crippen LogP contribution in [0, 0.1) is 0 Å². The summed E-state index contributed by atoms with van der Waals surface area (Å²) in [5.41, 5.74) is 0. The Morgan fingerprint density at radius 3 is 2.00 bits per heavy atom. The van der Waals surface area contributed by atoms with Gasteiger partial charge in [-0.1, -0.05) is 13.8 Å². The van der Waals surface area contributed by atoms with E-state index in [0.717, 1.165) is 0 Å². The van der Waals surface area contributed by atoms with Gasteiger partial charge >= 0.3 is 0 Å². The molecule has 0 aromatic heterocycles. The SMILES string of the molecule is CCCS(=O)(=O)N(CC)C(C)C. The van der Waals surface area contributed by atoms with Crippen molar-refractivity contribution in [3.05, 3.63) is 0 Å². The molecule has 0 radical (unpaired) electrons. The summed E-state index contributed by atoms with van der Waals surface area (Å²) < 4.78 is 24.6. The molecular weight excluding hydrogens is 174 g/mol. The number of hydrogen-bond donors (Lipinski definition) is 0. The Kier molecular flexibility index (Phi) is 4.78. The third-order valence-electron chi connectivity index (χ3n) is 1.71. The fourth-order valence-corrected chi connectivity index (χ4v) is 3.04. The molecule has 0 aliphatic heterocycles. The normalized spacial score (nSPS) is 12.8. The Labute approximate surface area is 75.8 Å². The second-order valence-electron chi connectivity index (χ2n) is 3.11. The minimum absolute atomic E-state index is 0.0755. The van der Waals surface area contributed by atoms with Crippen LogP contribution >= 0.6 is 0 Å². The number of nitrogens with zero attached hydrogens (tertiary/aromatic N) is 1. The third kappa shape index (κ3) is 3.11. The van der Waals surface area contributed by atoms with Crippen molar-refractivity contribution in [1.82, 2.24) is 4.31 Å². The monoisotopic (exact) mass is 193 g/mol. The molecular formula is C8H19NO2S. The van der Waals surface area contributed by atoms with Gasteiger partial charge in [0.1, 0.15) is 0 Å². The predicted octanol–water partition coefficient (Wildman–Crippen LogP) is 1.46. The maximum atomic E-state index is 11.5. The highest BCUT2D eigenvalue weighted by Crippen LogP contribution is 2.07. The van der Waals surface area contributed by atoms with Crippen LogP contribution in [0.4, 0.5) is 0 Å². The van der Waals surface area contributed by atoms with Crippen LogP contribution in [0.3, 0.4) is 0 Å². The van der Waals surface area contributed by atoms with Gasteiger partial charge in [-0.25, -0.2) is 8.42 Å². The summed E-state index contributed by atoms with van der Waals surface area (Å²) in [6.45, 7) is 8.12. The maximum absolute atomic E-state index is 11.5. The average molecular weight is 193 g/mol. The van der Waals surface area contributed by atoms with Crippen LogP contribution in [0.2, 0.25) is 0 Å². The minimum Gasteiger partial charge on any atom is -0.212 e. The van der Waals surface area contributed by atoms with Crippen LogP contribution in [0.25, 0.3) is 0 Å². The predicted molar refractivity (Wildman–Crippen MR) is 51.6 cm³/mol. The molecule has 0 aliphatic rings. The molecule has 0 N–H and O–H groups in total. The van der Waals surface area contributed by atoms with Gasteiger partial charge in [0.2, 0.25) is 10.0 Å². The standard InChI is InChI=1S/C8H19NO2S/c1-5-7-12(10,11)9(6-2)8(3)4/h8H,5-7H2,1-4H3. The van der Waals surface area contributed by atoms with Gasteiger partial charge in [0, 0.05) is 12.6 Å². The molecule has 0 bridgehead atoms. The molecule has 4 heteroatoms. The quantitative estimate of drug-likeness (QED) is 0.663. The molecule has 0 saturated heterocycles. The van der Waals surface area contributed by atoms with Crippen molar-refractivity contribution in [2.75, 3.05) is 12.3 Å². The van der Waals surface area contributed by atoms with Crippen molar-refractivity contribution < 1.29 is 8.42 Å². The highest BCUT2D eigenvalue weighted by molar-refractivity contribution is 7.89. The van der Waals surface area contributed by atoms with Crippen LogP contribution in [0.1, 0.15) is 34.1 Å². The van der Waals surface area contributed by atoms with Gasteiger partial charge in [0.25, 0.3) is 0 Å². The lowest BCUT2D eigenvalue weighted by molar-refractivity contribution is 0.369. The van der Waals surface area contributed by atoms with E-state index in [9.17, 15) is 8.42 Å². The summed E-state index contributed by atoms with van der Waals surface area (Å²) in [6, 6.07) is 0.0755. The Bertz CT molecular complexity index is 209. The summed E-state index contributed by atoms with van der Waals surface area (Å²) in [7, 11) is -2.99. The molecule has 0 fully saturated rings. The van der Waals surface area contributed by atoms with Crippen molar-refractivity contribution in [3.63, 3.8) is 0 Å². The highest BCUT2D eigenvalue weighted by Gasteiger charge is 2.21. The minimum atomic E-state index is -2.99. The van der Waals surface area contributed by atoms with Gasteiger partial charge in [-0.05, 0) is 20.3 Å². The summed E-state index contributed by atoms with van der Waals surface area (Å²) in [6.07, 6.45) is 0.686. The zero-order valence-electron chi connectivity index (χ0n) is 8.37. The molecule has 74 valence electrons. The topological polar surface area (TPSA) is 37.4 Å². The average Bonchev–Trinajstić information content (AvgIpc) is 1.86. The summed E-state index contributed by atoms with van der Waals surface area (Å²) in [4.78, 5) is 0. The Morgan fingerprint density at radius 2 is 1.75 bits per heavy atom. The Balaban J connectivity index is 4.49. The molecule has 0 amide bonds.